The Morgan fingerprint density at radius 3 is 2.43 bits per heavy atom. The smallest absolute Gasteiger partial charge is 0.216 e. The molecule has 0 aromatic heterocycles. The van der Waals surface area contributed by atoms with Gasteiger partial charge in [-0.2, -0.15) is 4.31 Å². The van der Waals surface area contributed by atoms with Crippen molar-refractivity contribution in [1.82, 2.24) is 4.31 Å². The van der Waals surface area contributed by atoms with E-state index < -0.39 is 10.0 Å². The largest absolute Gasteiger partial charge is 0.399 e. The Bertz CT molecular complexity index is 551. The van der Waals surface area contributed by atoms with E-state index in [9.17, 15) is 8.42 Å². The van der Waals surface area contributed by atoms with Crippen LogP contribution in [0.25, 0.3) is 0 Å². The zero-order valence-electron chi connectivity index (χ0n) is 12.7. The minimum absolute atomic E-state index is 0.0383. The summed E-state index contributed by atoms with van der Waals surface area (Å²) in [5.41, 5.74) is 7.31. The monoisotopic (exact) mass is 312 g/mol. The second-order valence-corrected chi connectivity index (χ2v) is 7.79. The third-order valence-electron chi connectivity index (χ3n) is 3.42. The number of ether oxygens (including phenoxy) is 1. The number of nitrogens with zero attached hydrogens (tertiary/aromatic N) is 1. The van der Waals surface area contributed by atoms with Crippen LogP contribution >= 0.6 is 0 Å². The van der Waals surface area contributed by atoms with Crippen molar-refractivity contribution in [3.8, 4) is 0 Å². The van der Waals surface area contributed by atoms with Gasteiger partial charge in [0, 0.05) is 18.3 Å². The molecule has 21 heavy (non-hydrogen) atoms. The van der Waals surface area contributed by atoms with E-state index in [0.29, 0.717) is 12.2 Å². The molecule has 0 atom stereocenters. The lowest BCUT2D eigenvalue weighted by atomic mass is 10.2. The molecular weight excluding hydrogens is 288 g/mol. The van der Waals surface area contributed by atoms with Crippen LogP contribution in [0.1, 0.15) is 32.3 Å². The number of hydrogen-bond acceptors (Lipinski definition) is 4. The summed E-state index contributed by atoms with van der Waals surface area (Å²) < 4.78 is 32.0. The van der Waals surface area contributed by atoms with Crippen molar-refractivity contribution in [3.05, 3.63) is 29.8 Å². The summed E-state index contributed by atoms with van der Waals surface area (Å²) in [7, 11) is -3.29. The molecular formula is C15H24N2O3S. The predicted molar refractivity (Wildman–Crippen MR) is 84.3 cm³/mol. The summed E-state index contributed by atoms with van der Waals surface area (Å²) in [6.45, 7) is 4.46. The van der Waals surface area contributed by atoms with Gasteiger partial charge in [0.05, 0.1) is 18.5 Å². The van der Waals surface area contributed by atoms with E-state index in [1.807, 2.05) is 26.0 Å². The Kier molecular flexibility index (Phi) is 5.24. The second kappa shape index (κ2) is 6.77. The average Bonchev–Trinajstić information content (AvgIpc) is 3.21. The molecule has 0 spiro atoms. The molecule has 5 nitrogen and oxygen atoms in total. The predicted octanol–water partition coefficient (Wildman–Crippen LogP) is 1.99. The van der Waals surface area contributed by atoms with Gasteiger partial charge in [0.25, 0.3) is 0 Å². The van der Waals surface area contributed by atoms with Crippen molar-refractivity contribution >= 4 is 15.7 Å². The summed E-state index contributed by atoms with van der Waals surface area (Å²) in [6, 6.07) is 7.51. The number of benzene rings is 1. The highest BCUT2D eigenvalue weighted by atomic mass is 32.2. The summed E-state index contributed by atoms with van der Waals surface area (Å²) in [5.74, 6) is 0.0383. The molecule has 1 aliphatic carbocycles. The van der Waals surface area contributed by atoms with Gasteiger partial charge >= 0.3 is 0 Å². The average molecular weight is 312 g/mol. The Morgan fingerprint density at radius 2 is 1.90 bits per heavy atom. The number of nitrogen functional groups attached to an aromatic ring is 1. The van der Waals surface area contributed by atoms with E-state index in [2.05, 4.69) is 0 Å². The van der Waals surface area contributed by atoms with Crippen LogP contribution in [-0.4, -0.2) is 37.2 Å². The summed E-state index contributed by atoms with van der Waals surface area (Å²) in [6.07, 6.45) is 1.94. The van der Waals surface area contributed by atoms with Crippen LogP contribution in [0.5, 0.6) is 0 Å². The van der Waals surface area contributed by atoms with Crippen molar-refractivity contribution in [3.63, 3.8) is 0 Å². The Morgan fingerprint density at radius 1 is 1.29 bits per heavy atom. The maximum Gasteiger partial charge on any atom is 0.216 e. The number of nitrogens with two attached hydrogens (primary N) is 1. The van der Waals surface area contributed by atoms with Gasteiger partial charge in [-0.3, -0.25) is 0 Å². The van der Waals surface area contributed by atoms with Crippen molar-refractivity contribution in [2.45, 2.75) is 45.4 Å². The van der Waals surface area contributed by atoms with E-state index in [0.717, 1.165) is 18.4 Å². The molecule has 0 bridgehead atoms. The first-order valence-corrected chi connectivity index (χ1v) is 8.95. The lowest BCUT2D eigenvalue weighted by molar-refractivity contribution is 0.0906. The van der Waals surface area contributed by atoms with Crippen LogP contribution in [0.2, 0.25) is 0 Å². The quantitative estimate of drug-likeness (QED) is 0.745. The van der Waals surface area contributed by atoms with Crippen molar-refractivity contribution in [2.24, 2.45) is 0 Å². The maximum atomic E-state index is 12.5. The highest BCUT2D eigenvalue weighted by Gasteiger charge is 2.36. The fraction of sp³-hybridized carbons (Fsp3) is 0.600. The molecule has 1 fully saturated rings. The zero-order chi connectivity index (χ0) is 15.5. The molecule has 0 unspecified atom stereocenters. The SMILES string of the molecule is CC(C)OCCS(=O)(=O)N(Cc1ccc(N)cc1)C1CC1. The topological polar surface area (TPSA) is 72.6 Å². The number of anilines is 1. The van der Waals surface area contributed by atoms with Crippen molar-refractivity contribution in [1.29, 1.82) is 0 Å². The first-order valence-electron chi connectivity index (χ1n) is 7.34. The van der Waals surface area contributed by atoms with Gasteiger partial charge in [-0.1, -0.05) is 12.1 Å². The van der Waals surface area contributed by atoms with Gasteiger partial charge in [-0.25, -0.2) is 8.42 Å². The molecule has 2 rings (SSSR count). The van der Waals surface area contributed by atoms with E-state index in [1.54, 1.807) is 16.4 Å². The van der Waals surface area contributed by atoms with Gasteiger partial charge in [0.15, 0.2) is 0 Å². The fourth-order valence-electron chi connectivity index (χ4n) is 2.13. The number of hydrogen-bond donors (Lipinski definition) is 1. The number of sulfonamides is 1. The zero-order valence-corrected chi connectivity index (χ0v) is 13.5. The van der Waals surface area contributed by atoms with E-state index >= 15 is 0 Å². The minimum atomic E-state index is -3.29. The molecule has 1 aromatic carbocycles. The molecule has 118 valence electrons. The molecule has 0 amide bonds. The molecule has 2 N–H and O–H groups in total. The molecule has 6 heteroatoms. The van der Waals surface area contributed by atoms with Gasteiger partial charge in [-0.15, -0.1) is 0 Å². The van der Waals surface area contributed by atoms with Crippen LogP contribution in [0.15, 0.2) is 24.3 Å². The van der Waals surface area contributed by atoms with Gasteiger partial charge in [0.1, 0.15) is 0 Å². The second-order valence-electron chi connectivity index (χ2n) is 5.75. The van der Waals surface area contributed by atoms with E-state index in [4.69, 9.17) is 10.5 Å². The molecule has 1 aromatic rings. The summed E-state index contributed by atoms with van der Waals surface area (Å²) in [5, 5.41) is 0. The highest BCUT2D eigenvalue weighted by Crippen LogP contribution is 2.31. The lowest BCUT2D eigenvalue weighted by Gasteiger charge is -2.22. The summed E-state index contributed by atoms with van der Waals surface area (Å²) in [4.78, 5) is 0. The van der Waals surface area contributed by atoms with Gasteiger partial charge in [-0.05, 0) is 44.4 Å². The van der Waals surface area contributed by atoms with Gasteiger partial charge < -0.3 is 10.5 Å². The van der Waals surface area contributed by atoms with Crippen molar-refractivity contribution in [2.75, 3.05) is 18.1 Å². The molecule has 0 saturated heterocycles. The number of rotatable bonds is 8. The van der Waals surface area contributed by atoms with Crippen LogP contribution < -0.4 is 5.73 Å². The van der Waals surface area contributed by atoms with E-state index in [-0.39, 0.29) is 24.5 Å². The highest BCUT2D eigenvalue weighted by molar-refractivity contribution is 7.89. The fourth-order valence-corrected chi connectivity index (χ4v) is 3.68. The van der Waals surface area contributed by atoms with Crippen LogP contribution in [0.4, 0.5) is 5.69 Å². The molecule has 0 heterocycles. The first kappa shape index (κ1) is 16.3. The Hall–Kier alpha value is -1.11. The molecule has 1 saturated carbocycles. The molecule has 0 radical (unpaired) electrons. The maximum absolute atomic E-state index is 12.5. The van der Waals surface area contributed by atoms with Gasteiger partial charge in [0.2, 0.25) is 10.0 Å². The Labute approximate surface area is 127 Å². The van der Waals surface area contributed by atoms with Crippen LogP contribution in [0.3, 0.4) is 0 Å². The minimum Gasteiger partial charge on any atom is -0.399 e. The van der Waals surface area contributed by atoms with E-state index in [1.165, 1.54) is 0 Å². The molecule has 0 aliphatic heterocycles. The normalized spacial score (nSPS) is 15.8. The van der Waals surface area contributed by atoms with Crippen LogP contribution in [-0.2, 0) is 21.3 Å². The molecule has 1 aliphatic rings. The third kappa shape index (κ3) is 4.98. The first-order chi connectivity index (χ1) is 9.88. The lowest BCUT2D eigenvalue weighted by Crippen LogP contribution is -2.36. The Balaban J connectivity index is 2.02. The van der Waals surface area contributed by atoms with Crippen molar-refractivity contribution < 1.29 is 13.2 Å². The standard InChI is InChI=1S/C15H24N2O3S/c1-12(2)20-9-10-21(18,19)17(15-7-8-15)11-13-3-5-14(16)6-4-13/h3-6,12,15H,7-11,16H2,1-2H3. The van der Waals surface area contributed by atoms with Crippen LogP contribution in [0, 0.1) is 0 Å². The summed E-state index contributed by atoms with van der Waals surface area (Å²) >= 11 is 0. The third-order valence-corrected chi connectivity index (χ3v) is 5.25.